The van der Waals surface area contributed by atoms with E-state index >= 15 is 0 Å². The number of piperidine rings is 1. The number of aromatic nitrogens is 2. The summed E-state index contributed by atoms with van der Waals surface area (Å²) in [4.78, 5) is 2.45. The van der Waals surface area contributed by atoms with Gasteiger partial charge in [-0.25, -0.2) is 0 Å². The van der Waals surface area contributed by atoms with E-state index in [1.54, 1.807) is 0 Å². The third kappa shape index (κ3) is 3.32. The molecular formula is C12H21N3O. The lowest BCUT2D eigenvalue weighted by Crippen LogP contribution is -2.36. The Morgan fingerprint density at radius 2 is 2.19 bits per heavy atom. The summed E-state index contributed by atoms with van der Waals surface area (Å²) in [6, 6.07) is 0. The molecule has 16 heavy (non-hydrogen) atoms. The summed E-state index contributed by atoms with van der Waals surface area (Å²) in [6.07, 6.45) is 8.13. The van der Waals surface area contributed by atoms with Gasteiger partial charge in [-0.2, -0.15) is 5.10 Å². The second-order valence-electron chi connectivity index (χ2n) is 4.70. The van der Waals surface area contributed by atoms with Crippen molar-refractivity contribution in [3.63, 3.8) is 0 Å². The van der Waals surface area contributed by atoms with Crippen LogP contribution >= 0.6 is 0 Å². The lowest BCUT2D eigenvalue weighted by molar-refractivity contribution is 0.0821. The SMILES string of the molecule is Cn1cc(CCCN2CCC(O)CC2)cn1. The first-order valence-corrected chi connectivity index (χ1v) is 6.12. The quantitative estimate of drug-likeness (QED) is 0.821. The predicted octanol–water partition coefficient (Wildman–Crippen LogP) is 0.809. The molecule has 0 radical (unpaired) electrons. The Bertz CT molecular complexity index is 316. The number of aryl methyl sites for hydroxylation is 2. The van der Waals surface area contributed by atoms with E-state index in [1.165, 1.54) is 12.0 Å². The molecule has 0 atom stereocenters. The topological polar surface area (TPSA) is 41.3 Å². The smallest absolute Gasteiger partial charge is 0.0564 e. The molecule has 90 valence electrons. The first kappa shape index (κ1) is 11.6. The second kappa shape index (κ2) is 5.46. The molecule has 1 saturated heterocycles. The van der Waals surface area contributed by atoms with Crippen molar-refractivity contribution in [3.8, 4) is 0 Å². The molecule has 1 aromatic rings. The zero-order chi connectivity index (χ0) is 11.4. The van der Waals surface area contributed by atoms with Gasteiger partial charge in [-0.15, -0.1) is 0 Å². The van der Waals surface area contributed by atoms with Crippen LogP contribution in [0, 0.1) is 0 Å². The van der Waals surface area contributed by atoms with Crippen LogP contribution < -0.4 is 0 Å². The molecule has 1 aliphatic rings. The maximum atomic E-state index is 9.40. The van der Waals surface area contributed by atoms with Crippen LogP contribution in [0.2, 0.25) is 0 Å². The first-order chi connectivity index (χ1) is 7.74. The van der Waals surface area contributed by atoms with Gasteiger partial charge in [0.25, 0.3) is 0 Å². The predicted molar refractivity (Wildman–Crippen MR) is 63.2 cm³/mol. The van der Waals surface area contributed by atoms with Crippen molar-refractivity contribution in [1.29, 1.82) is 0 Å². The fourth-order valence-corrected chi connectivity index (χ4v) is 2.25. The zero-order valence-corrected chi connectivity index (χ0v) is 9.97. The molecule has 1 N–H and O–H groups in total. The molecule has 0 unspecified atom stereocenters. The number of aliphatic hydroxyl groups excluding tert-OH is 1. The zero-order valence-electron chi connectivity index (χ0n) is 9.97. The monoisotopic (exact) mass is 223 g/mol. The van der Waals surface area contributed by atoms with E-state index < -0.39 is 0 Å². The molecule has 1 fully saturated rings. The van der Waals surface area contributed by atoms with Crippen LogP contribution in [-0.4, -0.2) is 45.5 Å². The third-order valence-corrected chi connectivity index (χ3v) is 3.26. The summed E-state index contributed by atoms with van der Waals surface area (Å²) in [5.41, 5.74) is 1.32. The van der Waals surface area contributed by atoms with Gasteiger partial charge in [-0.1, -0.05) is 0 Å². The minimum absolute atomic E-state index is 0.0606. The van der Waals surface area contributed by atoms with Gasteiger partial charge in [0, 0.05) is 26.3 Å². The Labute approximate surface area is 96.9 Å². The molecule has 0 aliphatic carbocycles. The number of nitrogens with zero attached hydrogens (tertiary/aromatic N) is 3. The molecule has 0 saturated carbocycles. The Morgan fingerprint density at radius 3 is 2.81 bits per heavy atom. The van der Waals surface area contributed by atoms with E-state index in [0.29, 0.717) is 0 Å². The number of rotatable bonds is 4. The van der Waals surface area contributed by atoms with Gasteiger partial charge in [0.2, 0.25) is 0 Å². The third-order valence-electron chi connectivity index (χ3n) is 3.26. The fraction of sp³-hybridized carbons (Fsp3) is 0.750. The number of hydrogen-bond donors (Lipinski definition) is 1. The Hall–Kier alpha value is -0.870. The molecule has 2 rings (SSSR count). The van der Waals surface area contributed by atoms with Crippen molar-refractivity contribution in [2.75, 3.05) is 19.6 Å². The maximum absolute atomic E-state index is 9.40. The molecule has 4 heteroatoms. The fourth-order valence-electron chi connectivity index (χ4n) is 2.25. The van der Waals surface area contributed by atoms with Crippen LogP contribution in [0.25, 0.3) is 0 Å². The lowest BCUT2D eigenvalue weighted by atomic mass is 10.1. The normalized spacial score (nSPS) is 19.1. The van der Waals surface area contributed by atoms with Gasteiger partial charge in [-0.3, -0.25) is 4.68 Å². The summed E-state index contributed by atoms with van der Waals surface area (Å²) >= 11 is 0. The first-order valence-electron chi connectivity index (χ1n) is 6.12. The Balaban J connectivity index is 1.64. The standard InChI is InChI=1S/C12H21N3O/c1-14-10-11(9-13-14)3-2-6-15-7-4-12(16)5-8-15/h9-10,12,16H,2-8H2,1H3. The van der Waals surface area contributed by atoms with Crippen molar-refractivity contribution in [2.24, 2.45) is 7.05 Å². The van der Waals surface area contributed by atoms with Crippen molar-refractivity contribution >= 4 is 0 Å². The largest absolute Gasteiger partial charge is 0.393 e. The lowest BCUT2D eigenvalue weighted by Gasteiger charge is -2.29. The highest BCUT2D eigenvalue weighted by molar-refractivity contribution is 5.03. The molecule has 4 nitrogen and oxygen atoms in total. The summed E-state index contributed by atoms with van der Waals surface area (Å²) in [6.45, 7) is 3.24. The Morgan fingerprint density at radius 1 is 1.44 bits per heavy atom. The highest BCUT2D eigenvalue weighted by Gasteiger charge is 2.15. The second-order valence-corrected chi connectivity index (χ2v) is 4.70. The average molecular weight is 223 g/mol. The van der Waals surface area contributed by atoms with E-state index in [1.807, 2.05) is 17.9 Å². The van der Waals surface area contributed by atoms with Crippen LogP contribution in [-0.2, 0) is 13.5 Å². The molecule has 1 aromatic heterocycles. The van der Waals surface area contributed by atoms with Gasteiger partial charge in [0.15, 0.2) is 0 Å². The Kier molecular flexibility index (Phi) is 3.96. The minimum Gasteiger partial charge on any atom is -0.393 e. The van der Waals surface area contributed by atoms with E-state index in [4.69, 9.17) is 0 Å². The van der Waals surface area contributed by atoms with E-state index in [9.17, 15) is 5.11 Å². The highest BCUT2D eigenvalue weighted by Crippen LogP contribution is 2.11. The van der Waals surface area contributed by atoms with Crippen molar-refractivity contribution < 1.29 is 5.11 Å². The summed E-state index contributed by atoms with van der Waals surface area (Å²) in [5.74, 6) is 0. The molecule has 2 heterocycles. The van der Waals surface area contributed by atoms with E-state index in [2.05, 4.69) is 16.2 Å². The van der Waals surface area contributed by atoms with Gasteiger partial charge in [0.05, 0.1) is 12.3 Å². The number of aliphatic hydroxyl groups is 1. The minimum atomic E-state index is -0.0606. The van der Waals surface area contributed by atoms with Gasteiger partial charge in [0.1, 0.15) is 0 Å². The maximum Gasteiger partial charge on any atom is 0.0564 e. The van der Waals surface area contributed by atoms with Gasteiger partial charge >= 0.3 is 0 Å². The summed E-state index contributed by atoms with van der Waals surface area (Å²) < 4.78 is 1.85. The summed E-state index contributed by atoms with van der Waals surface area (Å²) in [7, 11) is 1.95. The van der Waals surface area contributed by atoms with Crippen LogP contribution in [0.5, 0.6) is 0 Å². The summed E-state index contributed by atoms with van der Waals surface area (Å²) in [5, 5.41) is 13.6. The molecule has 0 bridgehead atoms. The molecular weight excluding hydrogens is 202 g/mol. The average Bonchev–Trinajstić information content (AvgIpc) is 2.67. The highest BCUT2D eigenvalue weighted by atomic mass is 16.3. The van der Waals surface area contributed by atoms with Crippen molar-refractivity contribution in [3.05, 3.63) is 18.0 Å². The van der Waals surface area contributed by atoms with Gasteiger partial charge in [-0.05, 0) is 37.8 Å². The van der Waals surface area contributed by atoms with Crippen LogP contribution in [0.3, 0.4) is 0 Å². The molecule has 0 spiro atoms. The number of likely N-dealkylation sites (tertiary alicyclic amines) is 1. The van der Waals surface area contributed by atoms with Crippen LogP contribution in [0.15, 0.2) is 12.4 Å². The van der Waals surface area contributed by atoms with Crippen LogP contribution in [0.1, 0.15) is 24.8 Å². The van der Waals surface area contributed by atoms with E-state index in [-0.39, 0.29) is 6.10 Å². The van der Waals surface area contributed by atoms with Crippen molar-refractivity contribution in [1.82, 2.24) is 14.7 Å². The van der Waals surface area contributed by atoms with E-state index in [0.717, 1.165) is 38.9 Å². The molecule has 0 aromatic carbocycles. The van der Waals surface area contributed by atoms with Crippen molar-refractivity contribution in [2.45, 2.75) is 31.8 Å². The van der Waals surface area contributed by atoms with Crippen LogP contribution in [0.4, 0.5) is 0 Å². The van der Waals surface area contributed by atoms with Gasteiger partial charge < -0.3 is 10.0 Å². The molecule has 1 aliphatic heterocycles. The molecule has 0 amide bonds. The number of hydrogen-bond acceptors (Lipinski definition) is 3.